The summed E-state index contributed by atoms with van der Waals surface area (Å²) in [6, 6.07) is 12.2. The highest BCUT2D eigenvalue weighted by Crippen LogP contribution is 2.47. The Morgan fingerprint density at radius 3 is 2.83 bits per heavy atom. The zero-order chi connectivity index (χ0) is 21.3. The summed E-state index contributed by atoms with van der Waals surface area (Å²) in [5.41, 5.74) is 2.88. The van der Waals surface area contributed by atoms with Crippen LogP contribution >= 0.6 is 0 Å². The molecule has 0 unspecified atom stereocenters. The molecule has 4 atom stereocenters. The number of rotatable bonds is 6. The van der Waals surface area contributed by atoms with E-state index in [1.54, 1.807) is 12.1 Å². The molecule has 0 aliphatic carbocycles. The number of hydrogen-bond acceptors (Lipinski definition) is 5. The SMILES string of the molecule is CN(C)c1ccc2c(c1)[C@H]1C[C@H](CC(=O)NCc3cccc(F)c3)O[C@@H](CO)[C@H]1O2. The van der Waals surface area contributed by atoms with Crippen LogP contribution < -0.4 is 15.0 Å². The summed E-state index contributed by atoms with van der Waals surface area (Å²) in [7, 11) is 3.97. The molecule has 2 N–H and O–H groups in total. The number of aliphatic hydroxyl groups is 1. The van der Waals surface area contributed by atoms with Crippen LogP contribution in [0.4, 0.5) is 10.1 Å². The molecular formula is C23H27FN2O4. The van der Waals surface area contributed by atoms with Gasteiger partial charge in [-0.3, -0.25) is 4.79 Å². The van der Waals surface area contributed by atoms with Gasteiger partial charge in [-0.2, -0.15) is 0 Å². The lowest BCUT2D eigenvalue weighted by molar-refractivity contribution is -0.142. The maximum Gasteiger partial charge on any atom is 0.222 e. The lowest BCUT2D eigenvalue weighted by atomic mass is 9.84. The van der Waals surface area contributed by atoms with Crippen LogP contribution in [0.15, 0.2) is 42.5 Å². The van der Waals surface area contributed by atoms with Crippen LogP contribution in [-0.2, 0) is 16.1 Å². The summed E-state index contributed by atoms with van der Waals surface area (Å²) in [5.74, 6) is 0.382. The first-order chi connectivity index (χ1) is 14.4. The number of carbonyl (C=O) groups is 1. The number of benzene rings is 2. The number of fused-ring (bicyclic) bond motifs is 3. The third-order valence-corrected chi connectivity index (χ3v) is 5.79. The third kappa shape index (κ3) is 4.27. The monoisotopic (exact) mass is 414 g/mol. The van der Waals surface area contributed by atoms with Crippen molar-refractivity contribution in [1.29, 1.82) is 0 Å². The van der Waals surface area contributed by atoms with Crippen molar-refractivity contribution in [1.82, 2.24) is 5.32 Å². The van der Waals surface area contributed by atoms with E-state index < -0.39 is 6.10 Å². The molecule has 2 aromatic rings. The number of aliphatic hydroxyl groups excluding tert-OH is 1. The predicted octanol–water partition coefficient (Wildman–Crippen LogP) is 2.59. The summed E-state index contributed by atoms with van der Waals surface area (Å²) in [6.07, 6.45) is -0.252. The largest absolute Gasteiger partial charge is 0.487 e. The number of ether oxygens (including phenoxy) is 2. The fraction of sp³-hybridized carbons (Fsp3) is 0.435. The highest BCUT2D eigenvalue weighted by Gasteiger charge is 2.46. The van der Waals surface area contributed by atoms with Gasteiger partial charge in [-0.1, -0.05) is 12.1 Å². The van der Waals surface area contributed by atoms with Gasteiger partial charge in [-0.05, 0) is 42.3 Å². The highest BCUT2D eigenvalue weighted by atomic mass is 19.1. The highest BCUT2D eigenvalue weighted by molar-refractivity contribution is 5.76. The number of anilines is 1. The van der Waals surface area contributed by atoms with Crippen molar-refractivity contribution in [2.75, 3.05) is 25.6 Å². The Kier molecular flexibility index (Phi) is 5.92. The van der Waals surface area contributed by atoms with E-state index in [4.69, 9.17) is 9.47 Å². The van der Waals surface area contributed by atoms with E-state index in [2.05, 4.69) is 11.4 Å². The molecule has 30 heavy (non-hydrogen) atoms. The fourth-order valence-corrected chi connectivity index (χ4v) is 4.28. The number of halogens is 1. The van der Waals surface area contributed by atoms with Gasteiger partial charge in [0.15, 0.2) is 0 Å². The van der Waals surface area contributed by atoms with Gasteiger partial charge >= 0.3 is 0 Å². The minimum atomic E-state index is -0.486. The number of amides is 1. The Balaban J connectivity index is 1.43. The first kappa shape index (κ1) is 20.6. The van der Waals surface area contributed by atoms with Gasteiger partial charge in [-0.25, -0.2) is 4.39 Å². The van der Waals surface area contributed by atoms with Gasteiger partial charge in [0.25, 0.3) is 0 Å². The second-order valence-corrected chi connectivity index (χ2v) is 8.13. The fourth-order valence-electron chi connectivity index (χ4n) is 4.28. The quantitative estimate of drug-likeness (QED) is 0.760. The Morgan fingerprint density at radius 2 is 2.10 bits per heavy atom. The van der Waals surface area contributed by atoms with Crippen molar-refractivity contribution < 1.29 is 23.8 Å². The number of carbonyl (C=O) groups excluding carboxylic acids is 1. The molecule has 160 valence electrons. The Labute approximate surface area is 175 Å². The maximum absolute atomic E-state index is 13.3. The van der Waals surface area contributed by atoms with Crippen LogP contribution in [0, 0.1) is 5.82 Å². The van der Waals surface area contributed by atoms with E-state index in [0.717, 1.165) is 17.0 Å². The van der Waals surface area contributed by atoms with Crippen LogP contribution in [0.5, 0.6) is 5.75 Å². The van der Waals surface area contributed by atoms with Crippen LogP contribution in [0.3, 0.4) is 0 Å². The summed E-state index contributed by atoms with van der Waals surface area (Å²) in [4.78, 5) is 14.5. The molecule has 0 saturated carbocycles. The topological polar surface area (TPSA) is 71.0 Å². The predicted molar refractivity (Wildman–Crippen MR) is 111 cm³/mol. The molecule has 1 fully saturated rings. The van der Waals surface area contributed by atoms with Crippen molar-refractivity contribution in [3.05, 3.63) is 59.4 Å². The molecule has 7 heteroatoms. The molecule has 2 heterocycles. The first-order valence-electron chi connectivity index (χ1n) is 10.2. The van der Waals surface area contributed by atoms with Crippen molar-refractivity contribution >= 4 is 11.6 Å². The first-order valence-corrected chi connectivity index (χ1v) is 10.2. The molecule has 4 rings (SSSR count). The van der Waals surface area contributed by atoms with Gasteiger partial charge in [0.1, 0.15) is 23.8 Å². The van der Waals surface area contributed by atoms with Gasteiger partial charge in [0, 0.05) is 37.8 Å². The lowest BCUT2D eigenvalue weighted by Gasteiger charge is -2.37. The number of hydrogen-bond donors (Lipinski definition) is 2. The average Bonchev–Trinajstić information content (AvgIpc) is 3.09. The van der Waals surface area contributed by atoms with Crippen LogP contribution in [0.25, 0.3) is 0 Å². The standard InChI is InChI=1S/C23H27FN2O4/c1-26(2)16-6-7-20-18(9-16)19-10-17(29-21(13-27)23(19)30-20)11-22(28)25-12-14-4-3-5-15(24)8-14/h3-9,17,19,21,23,27H,10-13H2,1-2H3,(H,25,28)/t17-,19-,21+,23+/m1/s1. The van der Waals surface area contributed by atoms with E-state index in [0.29, 0.717) is 12.0 Å². The number of nitrogens with one attached hydrogen (secondary N) is 1. The Hall–Kier alpha value is -2.64. The minimum Gasteiger partial charge on any atom is -0.487 e. The molecule has 2 aromatic carbocycles. The van der Waals surface area contributed by atoms with Crippen LogP contribution in [0.2, 0.25) is 0 Å². The normalized spacial score (nSPS) is 24.5. The van der Waals surface area contributed by atoms with Crippen molar-refractivity contribution in [2.24, 2.45) is 0 Å². The Morgan fingerprint density at radius 1 is 1.27 bits per heavy atom. The zero-order valence-corrected chi connectivity index (χ0v) is 17.2. The van der Waals surface area contributed by atoms with Gasteiger partial charge in [0.05, 0.1) is 19.1 Å². The molecule has 0 spiro atoms. The summed E-state index contributed by atoms with van der Waals surface area (Å²) < 4.78 is 25.4. The molecule has 6 nitrogen and oxygen atoms in total. The summed E-state index contributed by atoms with van der Waals surface area (Å²) in [6.45, 7) is 0.0913. The average molecular weight is 414 g/mol. The zero-order valence-electron chi connectivity index (χ0n) is 17.2. The molecule has 2 aliphatic heterocycles. The van der Waals surface area contributed by atoms with Crippen LogP contribution in [-0.4, -0.2) is 50.0 Å². The molecule has 0 radical (unpaired) electrons. The molecular weight excluding hydrogens is 387 g/mol. The van der Waals surface area contributed by atoms with Gasteiger partial charge < -0.3 is 24.8 Å². The van der Waals surface area contributed by atoms with E-state index >= 15 is 0 Å². The van der Waals surface area contributed by atoms with Crippen molar-refractivity contribution in [3.63, 3.8) is 0 Å². The molecule has 1 saturated heterocycles. The molecule has 1 amide bonds. The minimum absolute atomic E-state index is 0.0619. The number of nitrogens with zero attached hydrogens (tertiary/aromatic N) is 1. The van der Waals surface area contributed by atoms with Crippen molar-refractivity contribution in [3.8, 4) is 5.75 Å². The third-order valence-electron chi connectivity index (χ3n) is 5.79. The second kappa shape index (κ2) is 8.62. The van der Waals surface area contributed by atoms with E-state index in [1.165, 1.54) is 12.1 Å². The molecule has 0 bridgehead atoms. The van der Waals surface area contributed by atoms with Crippen molar-refractivity contribution in [2.45, 2.75) is 43.6 Å². The summed E-state index contributed by atoms with van der Waals surface area (Å²) in [5, 5.41) is 12.7. The van der Waals surface area contributed by atoms with Gasteiger partial charge in [-0.15, -0.1) is 0 Å². The maximum atomic E-state index is 13.3. The van der Waals surface area contributed by atoms with E-state index in [-0.39, 0.29) is 49.4 Å². The molecule has 0 aromatic heterocycles. The second-order valence-electron chi connectivity index (χ2n) is 8.13. The Bertz CT molecular complexity index is 920. The smallest absolute Gasteiger partial charge is 0.222 e. The molecule has 2 aliphatic rings. The van der Waals surface area contributed by atoms with Gasteiger partial charge in [0.2, 0.25) is 5.91 Å². The summed E-state index contributed by atoms with van der Waals surface area (Å²) >= 11 is 0. The van der Waals surface area contributed by atoms with E-state index in [1.807, 2.05) is 31.1 Å². The van der Waals surface area contributed by atoms with E-state index in [9.17, 15) is 14.3 Å². The lowest BCUT2D eigenvalue weighted by Crippen LogP contribution is -2.47. The van der Waals surface area contributed by atoms with Crippen LogP contribution in [0.1, 0.15) is 29.9 Å².